The van der Waals surface area contributed by atoms with Crippen molar-refractivity contribution >= 4 is 11.9 Å². The third-order valence-corrected chi connectivity index (χ3v) is 7.16. The summed E-state index contributed by atoms with van der Waals surface area (Å²) in [6.07, 6.45) is 0. The number of benzene rings is 4. The van der Waals surface area contributed by atoms with Gasteiger partial charge in [-0.1, -0.05) is 54.6 Å². The van der Waals surface area contributed by atoms with Gasteiger partial charge in [0.1, 0.15) is 30.5 Å². The SMILES string of the molecule is CCOc1ccc(-c2ccc(-c3cc(-c4ccc(OCCOC(=O)C(C)COC)cc4)ccc3OC(=O)C(C)CO)cc2)cc1. The largest absolute Gasteiger partial charge is 0.494 e. The molecule has 1 N–H and O–H groups in total. The van der Waals surface area contributed by atoms with Gasteiger partial charge in [0, 0.05) is 12.7 Å². The maximum atomic E-state index is 12.6. The van der Waals surface area contributed by atoms with Crippen molar-refractivity contribution in [1.29, 1.82) is 0 Å². The van der Waals surface area contributed by atoms with E-state index in [0.29, 0.717) is 24.7 Å². The number of carbonyl (C=O) groups is 2. The molecule has 2 atom stereocenters. The first-order chi connectivity index (χ1) is 21.8. The predicted octanol–water partition coefficient (Wildman–Crippen LogP) is 6.82. The van der Waals surface area contributed by atoms with E-state index in [9.17, 15) is 14.7 Å². The minimum Gasteiger partial charge on any atom is -0.494 e. The average Bonchev–Trinajstić information content (AvgIpc) is 3.07. The van der Waals surface area contributed by atoms with E-state index >= 15 is 0 Å². The molecule has 0 saturated heterocycles. The van der Waals surface area contributed by atoms with Gasteiger partial charge in [0.05, 0.1) is 31.7 Å². The fourth-order valence-electron chi connectivity index (χ4n) is 4.57. The standard InChI is InChI=1S/C37H40O8/c1-5-42-32-15-10-28(11-16-32)27-6-8-30(9-7-27)34-22-31(14-19-35(34)45-37(40)25(2)23-38)29-12-17-33(18-13-29)43-20-21-44-36(39)26(3)24-41-4/h6-19,22,25-26,38H,5,20-21,23-24H2,1-4H3. The molecule has 0 heterocycles. The van der Waals surface area contributed by atoms with E-state index in [2.05, 4.69) is 0 Å². The molecule has 0 aromatic heterocycles. The molecule has 236 valence electrons. The summed E-state index contributed by atoms with van der Waals surface area (Å²) in [6.45, 7) is 6.33. The number of methoxy groups -OCH3 is 1. The molecular weight excluding hydrogens is 572 g/mol. The molecule has 45 heavy (non-hydrogen) atoms. The van der Waals surface area contributed by atoms with Gasteiger partial charge in [-0.25, -0.2) is 0 Å². The summed E-state index contributed by atoms with van der Waals surface area (Å²) in [6, 6.07) is 29.2. The smallest absolute Gasteiger partial charge is 0.316 e. The Morgan fingerprint density at radius 3 is 1.78 bits per heavy atom. The molecule has 0 saturated carbocycles. The summed E-state index contributed by atoms with van der Waals surface area (Å²) < 4.78 is 27.3. The second-order valence-electron chi connectivity index (χ2n) is 10.6. The normalized spacial score (nSPS) is 12.2. The van der Waals surface area contributed by atoms with Crippen molar-refractivity contribution in [3.8, 4) is 50.6 Å². The Labute approximate surface area is 264 Å². The zero-order valence-electron chi connectivity index (χ0n) is 26.2. The molecule has 0 amide bonds. The minimum absolute atomic E-state index is 0.143. The van der Waals surface area contributed by atoms with E-state index in [4.69, 9.17) is 23.7 Å². The number of aliphatic hydroxyl groups excluding tert-OH is 1. The summed E-state index contributed by atoms with van der Waals surface area (Å²) in [4.78, 5) is 24.5. The van der Waals surface area contributed by atoms with E-state index in [-0.39, 0.29) is 31.7 Å². The Morgan fingerprint density at radius 2 is 1.20 bits per heavy atom. The number of aliphatic hydroxyl groups is 1. The molecular formula is C37H40O8. The second-order valence-corrected chi connectivity index (χ2v) is 10.6. The quantitative estimate of drug-likeness (QED) is 0.0887. The van der Waals surface area contributed by atoms with Crippen LogP contribution in [-0.4, -0.2) is 57.2 Å². The lowest BCUT2D eigenvalue weighted by Gasteiger charge is -2.15. The number of hydrogen-bond acceptors (Lipinski definition) is 8. The molecule has 2 unspecified atom stereocenters. The highest BCUT2D eigenvalue weighted by molar-refractivity contribution is 5.83. The molecule has 0 aliphatic heterocycles. The first kappa shape index (κ1) is 33.2. The summed E-state index contributed by atoms with van der Waals surface area (Å²) in [5.74, 6) is 0.0789. The van der Waals surface area contributed by atoms with Crippen LogP contribution < -0.4 is 14.2 Å². The minimum atomic E-state index is -0.649. The van der Waals surface area contributed by atoms with Crippen molar-refractivity contribution in [2.45, 2.75) is 20.8 Å². The Morgan fingerprint density at radius 1 is 0.667 bits per heavy atom. The van der Waals surface area contributed by atoms with Crippen molar-refractivity contribution in [3.05, 3.63) is 91.0 Å². The van der Waals surface area contributed by atoms with Gasteiger partial charge in [-0.3, -0.25) is 9.59 Å². The van der Waals surface area contributed by atoms with Crippen molar-refractivity contribution < 1.29 is 38.4 Å². The molecule has 4 aromatic rings. The molecule has 0 radical (unpaired) electrons. The van der Waals surface area contributed by atoms with Crippen LogP contribution in [0, 0.1) is 11.8 Å². The number of ether oxygens (including phenoxy) is 5. The van der Waals surface area contributed by atoms with Gasteiger partial charge in [-0.05, 0) is 85.0 Å². The van der Waals surface area contributed by atoms with E-state index in [1.54, 1.807) is 27.0 Å². The predicted molar refractivity (Wildman–Crippen MR) is 173 cm³/mol. The third-order valence-electron chi connectivity index (χ3n) is 7.16. The van der Waals surface area contributed by atoms with Crippen LogP contribution in [0.25, 0.3) is 33.4 Å². The maximum absolute atomic E-state index is 12.6. The lowest BCUT2D eigenvalue weighted by Crippen LogP contribution is -2.21. The van der Waals surface area contributed by atoms with E-state index in [1.165, 1.54) is 0 Å². The van der Waals surface area contributed by atoms with Gasteiger partial charge in [-0.2, -0.15) is 0 Å². The zero-order valence-corrected chi connectivity index (χ0v) is 26.2. The maximum Gasteiger partial charge on any atom is 0.316 e. The Hall–Kier alpha value is -4.66. The highest BCUT2D eigenvalue weighted by atomic mass is 16.6. The Balaban J connectivity index is 1.52. The summed E-state index contributed by atoms with van der Waals surface area (Å²) in [5, 5.41) is 9.46. The highest BCUT2D eigenvalue weighted by Gasteiger charge is 2.18. The number of hydrogen-bond donors (Lipinski definition) is 1. The van der Waals surface area contributed by atoms with E-state index < -0.39 is 11.9 Å². The van der Waals surface area contributed by atoms with Gasteiger partial charge in [0.25, 0.3) is 0 Å². The van der Waals surface area contributed by atoms with E-state index in [1.807, 2.05) is 91.9 Å². The fraction of sp³-hybridized carbons (Fsp3) is 0.297. The van der Waals surface area contributed by atoms with Crippen LogP contribution in [-0.2, 0) is 19.1 Å². The summed E-state index contributed by atoms with van der Waals surface area (Å²) in [5.41, 5.74) is 5.58. The molecule has 0 fully saturated rings. The fourth-order valence-corrected chi connectivity index (χ4v) is 4.57. The van der Waals surface area contributed by atoms with Gasteiger partial charge < -0.3 is 28.8 Å². The van der Waals surface area contributed by atoms with Gasteiger partial charge in [-0.15, -0.1) is 0 Å². The number of rotatable bonds is 15. The van der Waals surface area contributed by atoms with Gasteiger partial charge in [0.15, 0.2) is 0 Å². The van der Waals surface area contributed by atoms with Gasteiger partial charge in [0.2, 0.25) is 0 Å². The lowest BCUT2D eigenvalue weighted by atomic mass is 9.96. The molecule has 0 aliphatic carbocycles. The first-order valence-electron chi connectivity index (χ1n) is 15.0. The van der Waals surface area contributed by atoms with Crippen LogP contribution in [0.4, 0.5) is 0 Å². The first-order valence-corrected chi connectivity index (χ1v) is 15.0. The van der Waals surface area contributed by atoms with Gasteiger partial charge >= 0.3 is 11.9 Å². The number of esters is 2. The van der Waals surface area contributed by atoms with Crippen LogP contribution in [0.5, 0.6) is 17.2 Å². The topological polar surface area (TPSA) is 101 Å². The van der Waals surface area contributed by atoms with Crippen LogP contribution in [0.15, 0.2) is 91.0 Å². The molecule has 8 heteroatoms. The van der Waals surface area contributed by atoms with Crippen molar-refractivity contribution in [1.82, 2.24) is 0 Å². The van der Waals surface area contributed by atoms with Crippen LogP contribution in [0.1, 0.15) is 20.8 Å². The lowest BCUT2D eigenvalue weighted by molar-refractivity contribution is -0.150. The summed E-state index contributed by atoms with van der Waals surface area (Å²) >= 11 is 0. The molecule has 0 spiro atoms. The van der Waals surface area contributed by atoms with E-state index in [0.717, 1.165) is 39.1 Å². The van der Waals surface area contributed by atoms with Crippen LogP contribution in [0.2, 0.25) is 0 Å². The zero-order chi connectivity index (χ0) is 32.2. The monoisotopic (exact) mass is 612 g/mol. The third kappa shape index (κ3) is 9.17. The Kier molecular flexibility index (Phi) is 12.1. The Bertz CT molecular complexity index is 1530. The average molecular weight is 613 g/mol. The van der Waals surface area contributed by atoms with Crippen molar-refractivity contribution in [2.24, 2.45) is 11.8 Å². The summed E-state index contributed by atoms with van der Waals surface area (Å²) in [7, 11) is 1.54. The van der Waals surface area contributed by atoms with Crippen LogP contribution >= 0.6 is 0 Å². The second kappa shape index (κ2) is 16.4. The molecule has 0 aliphatic rings. The number of carbonyl (C=O) groups excluding carboxylic acids is 2. The molecule has 4 rings (SSSR count). The van der Waals surface area contributed by atoms with Crippen LogP contribution in [0.3, 0.4) is 0 Å². The highest BCUT2D eigenvalue weighted by Crippen LogP contribution is 2.36. The molecule has 4 aromatic carbocycles. The van der Waals surface area contributed by atoms with Crippen molar-refractivity contribution in [2.75, 3.05) is 40.1 Å². The molecule has 8 nitrogen and oxygen atoms in total. The van der Waals surface area contributed by atoms with Crippen molar-refractivity contribution in [3.63, 3.8) is 0 Å². The molecule has 0 bridgehead atoms.